The number of nitrogens with zero attached hydrogens (tertiary/aromatic N) is 1. The van der Waals surface area contributed by atoms with Gasteiger partial charge in [-0.2, -0.15) is 0 Å². The minimum atomic E-state index is -0.906. The van der Waals surface area contributed by atoms with E-state index in [1.54, 1.807) is 18.3 Å². The monoisotopic (exact) mass is 201 g/mol. The van der Waals surface area contributed by atoms with E-state index in [1.165, 1.54) is 0 Å². The normalized spacial score (nSPS) is 10.5. The summed E-state index contributed by atoms with van der Waals surface area (Å²) in [6, 6.07) is 7.06. The van der Waals surface area contributed by atoms with Gasteiger partial charge in [-0.05, 0) is 30.0 Å². The zero-order chi connectivity index (χ0) is 10.8. The van der Waals surface area contributed by atoms with Gasteiger partial charge >= 0.3 is 5.97 Å². The molecule has 0 bridgehead atoms. The van der Waals surface area contributed by atoms with Crippen LogP contribution in [0.2, 0.25) is 0 Å². The summed E-state index contributed by atoms with van der Waals surface area (Å²) >= 11 is 0. The van der Waals surface area contributed by atoms with Crippen LogP contribution in [0.1, 0.15) is 23.0 Å². The van der Waals surface area contributed by atoms with E-state index < -0.39 is 5.97 Å². The van der Waals surface area contributed by atoms with Crippen LogP contribution in [-0.4, -0.2) is 16.1 Å². The van der Waals surface area contributed by atoms with Gasteiger partial charge in [-0.25, -0.2) is 4.79 Å². The van der Waals surface area contributed by atoms with Crippen molar-refractivity contribution in [2.75, 3.05) is 0 Å². The predicted molar refractivity (Wildman–Crippen MR) is 58.1 cm³/mol. The average Bonchev–Trinajstić information content (AvgIpc) is 2.27. The van der Waals surface area contributed by atoms with Crippen molar-refractivity contribution in [3.8, 4) is 0 Å². The maximum Gasteiger partial charge on any atom is 0.335 e. The molecular formula is C12H11NO2. The van der Waals surface area contributed by atoms with E-state index in [9.17, 15) is 4.79 Å². The molecule has 0 radical (unpaired) electrons. The number of hydrogen-bond acceptors (Lipinski definition) is 2. The second kappa shape index (κ2) is 3.69. The van der Waals surface area contributed by atoms with Gasteiger partial charge in [-0.1, -0.05) is 13.0 Å². The summed E-state index contributed by atoms with van der Waals surface area (Å²) in [5.41, 5.74) is 1.32. The Morgan fingerprint density at radius 2 is 2.13 bits per heavy atom. The first-order valence-electron chi connectivity index (χ1n) is 4.82. The number of rotatable bonds is 2. The van der Waals surface area contributed by atoms with Crippen LogP contribution in [0.3, 0.4) is 0 Å². The molecule has 1 heterocycles. The minimum absolute atomic E-state index is 0.300. The maximum atomic E-state index is 10.7. The predicted octanol–water partition coefficient (Wildman–Crippen LogP) is 2.50. The van der Waals surface area contributed by atoms with Crippen LogP contribution in [0.15, 0.2) is 30.5 Å². The van der Waals surface area contributed by atoms with Crippen LogP contribution >= 0.6 is 0 Å². The Morgan fingerprint density at radius 3 is 2.80 bits per heavy atom. The number of benzene rings is 1. The van der Waals surface area contributed by atoms with E-state index in [2.05, 4.69) is 4.98 Å². The van der Waals surface area contributed by atoms with Crippen molar-refractivity contribution in [1.82, 2.24) is 4.98 Å². The van der Waals surface area contributed by atoms with Crippen LogP contribution in [0, 0.1) is 0 Å². The minimum Gasteiger partial charge on any atom is -0.478 e. The maximum absolute atomic E-state index is 10.7. The number of aromatic carboxylic acids is 1. The van der Waals surface area contributed by atoms with Crippen LogP contribution in [0.4, 0.5) is 0 Å². The fourth-order valence-electron chi connectivity index (χ4n) is 1.51. The summed E-state index contributed by atoms with van der Waals surface area (Å²) in [5.74, 6) is -0.906. The summed E-state index contributed by atoms with van der Waals surface area (Å²) in [5, 5.41) is 10.7. The zero-order valence-electron chi connectivity index (χ0n) is 8.40. The lowest BCUT2D eigenvalue weighted by molar-refractivity contribution is 0.0697. The SMILES string of the molecule is CCc1cc2ccc(C(=O)O)cc2cn1. The molecule has 0 atom stereocenters. The standard InChI is InChI=1S/C12H11NO2/c1-2-11-6-8-3-4-9(12(14)15)5-10(8)7-13-11/h3-7H,2H2,1H3,(H,14,15). The fraction of sp³-hybridized carbons (Fsp3) is 0.167. The zero-order valence-corrected chi connectivity index (χ0v) is 8.40. The molecule has 0 saturated carbocycles. The van der Waals surface area contributed by atoms with Gasteiger partial charge < -0.3 is 5.11 Å². The quantitative estimate of drug-likeness (QED) is 0.812. The summed E-state index contributed by atoms with van der Waals surface area (Å²) in [4.78, 5) is 15.0. The third kappa shape index (κ3) is 1.81. The molecule has 2 aromatic rings. The number of aromatic nitrogens is 1. The average molecular weight is 201 g/mol. The lowest BCUT2D eigenvalue weighted by atomic mass is 10.1. The van der Waals surface area contributed by atoms with Gasteiger partial charge in [0.2, 0.25) is 0 Å². The Labute approximate surface area is 87.4 Å². The van der Waals surface area contributed by atoms with Crippen molar-refractivity contribution in [3.05, 3.63) is 41.7 Å². The molecule has 15 heavy (non-hydrogen) atoms. The highest BCUT2D eigenvalue weighted by Gasteiger charge is 2.03. The molecule has 0 fully saturated rings. The summed E-state index contributed by atoms with van der Waals surface area (Å²) in [6.07, 6.45) is 2.61. The van der Waals surface area contributed by atoms with Crippen molar-refractivity contribution in [3.63, 3.8) is 0 Å². The van der Waals surface area contributed by atoms with Gasteiger partial charge in [0, 0.05) is 17.3 Å². The Bertz CT molecular complexity index is 520. The van der Waals surface area contributed by atoms with E-state index in [1.807, 2.05) is 19.1 Å². The van der Waals surface area contributed by atoms with Crippen LogP contribution in [0.5, 0.6) is 0 Å². The van der Waals surface area contributed by atoms with Gasteiger partial charge in [0.15, 0.2) is 0 Å². The first kappa shape index (κ1) is 9.65. The summed E-state index contributed by atoms with van der Waals surface area (Å²) < 4.78 is 0. The topological polar surface area (TPSA) is 50.2 Å². The molecule has 1 aromatic heterocycles. The Hall–Kier alpha value is -1.90. The second-order valence-corrected chi connectivity index (χ2v) is 3.40. The third-order valence-electron chi connectivity index (χ3n) is 2.39. The highest BCUT2D eigenvalue weighted by molar-refractivity contribution is 5.94. The van der Waals surface area contributed by atoms with Crippen molar-refractivity contribution in [2.24, 2.45) is 0 Å². The van der Waals surface area contributed by atoms with E-state index in [0.717, 1.165) is 22.9 Å². The lowest BCUT2D eigenvalue weighted by Gasteiger charge is -2.01. The van der Waals surface area contributed by atoms with Crippen LogP contribution < -0.4 is 0 Å². The van der Waals surface area contributed by atoms with Crippen molar-refractivity contribution >= 4 is 16.7 Å². The molecule has 0 aliphatic carbocycles. The molecule has 0 saturated heterocycles. The summed E-state index contributed by atoms with van der Waals surface area (Å²) in [7, 11) is 0. The number of carboxylic acids is 1. The largest absolute Gasteiger partial charge is 0.478 e. The first-order chi connectivity index (χ1) is 7.20. The number of carboxylic acid groups (broad SMARTS) is 1. The second-order valence-electron chi connectivity index (χ2n) is 3.40. The molecule has 76 valence electrons. The molecule has 3 nitrogen and oxygen atoms in total. The summed E-state index contributed by atoms with van der Waals surface area (Å²) in [6.45, 7) is 2.04. The Balaban J connectivity index is 2.59. The number of aryl methyl sites for hydroxylation is 1. The highest BCUT2D eigenvalue weighted by atomic mass is 16.4. The van der Waals surface area contributed by atoms with E-state index in [4.69, 9.17) is 5.11 Å². The van der Waals surface area contributed by atoms with Crippen molar-refractivity contribution in [1.29, 1.82) is 0 Å². The third-order valence-corrected chi connectivity index (χ3v) is 2.39. The molecule has 1 N–H and O–H groups in total. The fourth-order valence-corrected chi connectivity index (χ4v) is 1.51. The van der Waals surface area contributed by atoms with Gasteiger partial charge in [0.25, 0.3) is 0 Å². The number of fused-ring (bicyclic) bond motifs is 1. The van der Waals surface area contributed by atoms with Crippen LogP contribution in [0.25, 0.3) is 10.8 Å². The molecule has 0 aliphatic rings. The molecule has 0 unspecified atom stereocenters. The molecule has 0 spiro atoms. The van der Waals surface area contributed by atoms with Gasteiger partial charge in [-0.3, -0.25) is 4.98 Å². The number of pyridine rings is 1. The first-order valence-corrected chi connectivity index (χ1v) is 4.82. The molecule has 2 rings (SSSR count). The van der Waals surface area contributed by atoms with Crippen molar-refractivity contribution in [2.45, 2.75) is 13.3 Å². The van der Waals surface area contributed by atoms with Gasteiger partial charge in [0.1, 0.15) is 0 Å². The van der Waals surface area contributed by atoms with Gasteiger partial charge in [0.05, 0.1) is 5.56 Å². The smallest absolute Gasteiger partial charge is 0.335 e. The molecule has 0 aliphatic heterocycles. The van der Waals surface area contributed by atoms with Crippen molar-refractivity contribution < 1.29 is 9.90 Å². The number of carbonyl (C=O) groups is 1. The molecular weight excluding hydrogens is 190 g/mol. The molecule has 1 aromatic carbocycles. The van der Waals surface area contributed by atoms with Crippen LogP contribution in [-0.2, 0) is 6.42 Å². The number of hydrogen-bond donors (Lipinski definition) is 1. The van der Waals surface area contributed by atoms with E-state index >= 15 is 0 Å². The Morgan fingerprint density at radius 1 is 1.33 bits per heavy atom. The molecule has 3 heteroatoms. The van der Waals surface area contributed by atoms with E-state index in [-0.39, 0.29) is 0 Å². The lowest BCUT2D eigenvalue weighted by Crippen LogP contribution is -1.95. The van der Waals surface area contributed by atoms with E-state index in [0.29, 0.717) is 5.56 Å². The molecule has 0 amide bonds. The van der Waals surface area contributed by atoms with Gasteiger partial charge in [-0.15, -0.1) is 0 Å². The highest BCUT2D eigenvalue weighted by Crippen LogP contribution is 2.16. The Kier molecular flexibility index (Phi) is 2.37.